The fraction of sp³-hybridized carbons (Fsp3) is 0.900. The Labute approximate surface area is 144 Å². The summed E-state index contributed by atoms with van der Waals surface area (Å²) < 4.78 is 0. The van der Waals surface area contributed by atoms with Crippen molar-refractivity contribution in [3.63, 3.8) is 0 Å². The average Bonchev–Trinajstić information content (AvgIpc) is 2.78. The predicted molar refractivity (Wildman–Crippen MR) is 91.1 cm³/mol. The second-order valence-electron chi connectivity index (χ2n) is 9.39. The van der Waals surface area contributed by atoms with Gasteiger partial charge in [0, 0.05) is 5.41 Å². The van der Waals surface area contributed by atoms with Crippen LogP contribution in [0.2, 0.25) is 0 Å². The van der Waals surface area contributed by atoms with Crippen LogP contribution in [0.1, 0.15) is 52.4 Å². The van der Waals surface area contributed by atoms with Crippen LogP contribution in [-0.4, -0.2) is 45.3 Å². The Morgan fingerprint density at radius 1 is 1.12 bits per heavy atom. The van der Waals surface area contributed by atoms with Crippen LogP contribution in [-0.2, 0) is 0 Å². The van der Waals surface area contributed by atoms with Crippen molar-refractivity contribution in [2.24, 2.45) is 34.5 Å². The van der Waals surface area contributed by atoms with E-state index in [4.69, 9.17) is 0 Å². The first-order valence-corrected chi connectivity index (χ1v) is 9.69. The average molecular weight is 336 g/mol. The molecule has 3 fully saturated rings. The third-order valence-electron chi connectivity index (χ3n) is 8.39. The second kappa shape index (κ2) is 5.54. The number of aliphatic hydroxyl groups excluding tert-OH is 4. The van der Waals surface area contributed by atoms with Gasteiger partial charge in [-0.1, -0.05) is 25.5 Å². The van der Waals surface area contributed by atoms with Crippen molar-refractivity contribution in [3.8, 4) is 0 Å². The standard InChI is InChI=1S/C20H32O4/c1-11-7-15-17-14(4-5-19(15,2)18(11)24)20(10-21)6-3-13(22)8-12(20)9-16(17)23/h9,11,13-18,21-24H,3-8,10H2,1-2H3/t11-,13-,14?,15?,16?,17?,18+,19+,20-/m1/s1. The van der Waals surface area contributed by atoms with Gasteiger partial charge in [0.1, 0.15) is 0 Å². The maximum atomic E-state index is 11.0. The van der Waals surface area contributed by atoms with Crippen LogP contribution < -0.4 is 0 Å². The molecule has 4 heteroatoms. The van der Waals surface area contributed by atoms with Crippen molar-refractivity contribution >= 4 is 0 Å². The van der Waals surface area contributed by atoms with Gasteiger partial charge in [0.15, 0.2) is 0 Å². The normalized spacial score (nSPS) is 56.9. The highest BCUT2D eigenvalue weighted by atomic mass is 16.3. The summed E-state index contributed by atoms with van der Waals surface area (Å²) in [7, 11) is 0. The zero-order chi connectivity index (χ0) is 17.3. The van der Waals surface area contributed by atoms with Crippen LogP contribution >= 0.6 is 0 Å². The summed E-state index contributed by atoms with van der Waals surface area (Å²) in [5, 5.41) is 42.1. The van der Waals surface area contributed by atoms with Gasteiger partial charge in [-0.05, 0) is 67.6 Å². The molecule has 0 saturated heterocycles. The molecule has 9 atom stereocenters. The van der Waals surface area contributed by atoms with Gasteiger partial charge in [-0.25, -0.2) is 0 Å². The fourth-order valence-corrected chi connectivity index (χ4v) is 7.07. The van der Waals surface area contributed by atoms with Crippen molar-refractivity contribution in [2.45, 2.75) is 70.7 Å². The van der Waals surface area contributed by atoms with Crippen LogP contribution in [0.25, 0.3) is 0 Å². The van der Waals surface area contributed by atoms with Crippen LogP contribution in [0.15, 0.2) is 11.6 Å². The van der Waals surface area contributed by atoms with Crippen LogP contribution in [0.5, 0.6) is 0 Å². The third-order valence-corrected chi connectivity index (χ3v) is 8.39. The molecule has 4 rings (SSSR count). The van der Waals surface area contributed by atoms with E-state index in [1.54, 1.807) is 0 Å². The molecule has 0 spiro atoms. The Morgan fingerprint density at radius 3 is 2.58 bits per heavy atom. The summed E-state index contributed by atoms with van der Waals surface area (Å²) in [6, 6.07) is 0. The van der Waals surface area contributed by atoms with Gasteiger partial charge in [0.05, 0.1) is 24.9 Å². The summed E-state index contributed by atoms with van der Waals surface area (Å²) in [6.45, 7) is 4.43. The number of aliphatic hydroxyl groups is 4. The van der Waals surface area contributed by atoms with Gasteiger partial charge < -0.3 is 20.4 Å². The Morgan fingerprint density at radius 2 is 1.88 bits per heavy atom. The molecule has 0 heterocycles. The van der Waals surface area contributed by atoms with Gasteiger partial charge in [0.2, 0.25) is 0 Å². The lowest BCUT2D eigenvalue weighted by Gasteiger charge is -2.59. The lowest BCUT2D eigenvalue weighted by Crippen LogP contribution is -2.57. The minimum absolute atomic E-state index is 0.112. The van der Waals surface area contributed by atoms with Crippen molar-refractivity contribution in [2.75, 3.05) is 6.61 Å². The SMILES string of the molecule is C[C@@H]1CC2C3C(O)C=C4C[C@H](O)CC[C@]4(CO)C3CC[C@]2(C)[C@H]1O. The zero-order valence-corrected chi connectivity index (χ0v) is 14.9. The van der Waals surface area contributed by atoms with E-state index in [9.17, 15) is 20.4 Å². The first-order valence-electron chi connectivity index (χ1n) is 9.69. The summed E-state index contributed by atoms with van der Waals surface area (Å²) in [5.74, 6) is 0.967. The molecule has 4 unspecified atom stereocenters. The molecule has 0 aromatic heterocycles. The minimum atomic E-state index is -0.517. The fourth-order valence-electron chi connectivity index (χ4n) is 7.07. The van der Waals surface area contributed by atoms with Gasteiger partial charge in [-0.15, -0.1) is 0 Å². The Bertz CT molecular complexity index is 546. The van der Waals surface area contributed by atoms with Crippen molar-refractivity contribution in [1.82, 2.24) is 0 Å². The lowest BCUT2D eigenvalue weighted by molar-refractivity contribution is -0.121. The van der Waals surface area contributed by atoms with E-state index in [0.29, 0.717) is 12.3 Å². The highest BCUT2D eigenvalue weighted by Crippen LogP contribution is 2.65. The maximum absolute atomic E-state index is 11.0. The molecular weight excluding hydrogens is 304 g/mol. The number of rotatable bonds is 1. The monoisotopic (exact) mass is 336 g/mol. The van der Waals surface area contributed by atoms with Gasteiger partial charge in [-0.3, -0.25) is 0 Å². The molecule has 4 aliphatic carbocycles. The third kappa shape index (κ3) is 2.06. The Kier molecular flexibility index (Phi) is 3.93. The van der Waals surface area contributed by atoms with E-state index in [-0.39, 0.29) is 47.4 Å². The molecule has 0 aromatic rings. The van der Waals surface area contributed by atoms with Gasteiger partial charge in [-0.2, -0.15) is 0 Å². The highest BCUT2D eigenvalue weighted by molar-refractivity contribution is 5.29. The number of hydrogen-bond donors (Lipinski definition) is 4. The van der Waals surface area contributed by atoms with Gasteiger partial charge >= 0.3 is 0 Å². The van der Waals surface area contributed by atoms with E-state index in [1.807, 2.05) is 6.08 Å². The van der Waals surface area contributed by atoms with Gasteiger partial charge in [0.25, 0.3) is 0 Å². The number of hydrogen-bond acceptors (Lipinski definition) is 4. The van der Waals surface area contributed by atoms with E-state index in [1.165, 1.54) is 0 Å². The topological polar surface area (TPSA) is 80.9 Å². The van der Waals surface area contributed by atoms with Crippen molar-refractivity contribution in [1.29, 1.82) is 0 Å². The number of fused-ring (bicyclic) bond motifs is 5. The molecule has 0 radical (unpaired) electrons. The maximum Gasteiger partial charge on any atom is 0.0757 e. The summed E-state index contributed by atoms with van der Waals surface area (Å²) in [5.41, 5.74) is 0.701. The predicted octanol–water partition coefficient (Wildman–Crippen LogP) is 1.86. The first-order chi connectivity index (χ1) is 11.3. The summed E-state index contributed by atoms with van der Waals surface area (Å²) in [4.78, 5) is 0. The van der Waals surface area contributed by atoms with Crippen LogP contribution in [0.3, 0.4) is 0 Å². The van der Waals surface area contributed by atoms with Crippen LogP contribution in [0, 0.1) is 34.5 Å². The van der Waals surface area contributed by atoms with Crippen molar-refractivity contribution < 1.29 is 20.4 Å². The Hall–Kier alpha value is -0.420. The molecule has 136 valence electrons. The first kappa shape index (κ1) is 17.0. The molecule has 0 aliphatic heterocycles. The molecule has 4 nitrogen and oxygen atoms in total. The largest absolute Gasteiger partial charge is 0.395 e. The Balaban J connectivity index is 1.76. The minimum Gasteiger partial charge on any atom is -0.395 e. The smallest absolute Gasteiger partial charge is 0.0757 e. The molecule has 0 amide bonds. The lowest BCUT2D eigenvalue weighted by atomic mass is 9.47. The summed E-state index contributed by atoms with van der Waals surface area (Å²) >= 11 is 0. The highest BCUT2D eigenvalue weighted by Gasteiger charge is 2.62. The molecule has 3 saturated carbocycles. The molecule has 24 heavy (non-hydrogen) atoms. The molecule has 0 aromatic carbocycles. The van der Waals surface area contributed by atoms with Crippen molar-refractivity contribution in [3.05, 3.63) is 11.6 Å². The van der Waals surface area contributed by atoms with Crippen LogP contribution in [0.4, 0.5) is 0 Å². The molecule has 0 bridgehead atoms. The second-order valence-corrected chi connectivity index (χ2v) is 9.39. The molecular formula is C20H32O4. The molecule has 4 aliphatic rings. The molecule has 4 N–H and O–H groups in total. The van der Waals surface area contributed by atoms with E-state index in [2.05, 4.69) is 13.8 Å². The summed E-state index contributed by atoms with van der Waals surface area (Å²) in [6.07, 6.45) is 5.80. The van der Waals surface area contributed by atoms with E-state index in [0.717, 1.165) is 37.7 Å². The quantitative estimate of drug-likeness (QED) is 0.551. The zero-order valence-electron chi connectivity index (χ0n) is 14.9. The van der Waals surface area contributed by atoms with E-state index >= 15 is 0 Å². The van der Waals surface area contributed by atoms with E-state index < -0.39 is 6.10 Å².